The summed E-state index contributed by atoms with van der Waals surface area (Å²) in [4.78, 5) is 60.1. The lowest BCUT2D eigenvalue weighted by atomic mass is 10.1. The summed E-state index contributed by atoms with van der Waals surface area (Å²) in [7, 11) is 1.58. The van der Waals surface area contributed by atoms with E-state index in [9.17, 15) is 24.3 Å². The minimum Gasteiger partial charge on any atom is -0.497 e. The van der Waals surface area contributed by atoms with Crippen LogP contribution < -0.4 is 20.3 Å². The molecule has 0 spiro atoms. The van der Waals surface area contributed by atoms with Crippen LogP contribution in [0, 0.1) is 0 Å². The van der Waals surface area contributed by atoms with Gasteiger partial charge in [-0.05, 0) is 65.9 Å². The van der Waals surface area contributed by atoms with E-state index in [1.807, 2.05) is 17.5 Å². The summed E-state index contributed by atoms with van der Waals surface area (Å²) in [5.41, 5.74) is 2.76. The van der Waals surface area contributed by atoms with Gasteiger partial charge in [-0.3, -0.25) is 24.2 Å². The first kappa shape index (κ1) is 32.2. The molecule has 0 bridgehead atoms. The van der Waals surface area contributed by atoms with Crippen LogP contribution in [0.2, 0.25) is 0 Å². The molecule has 2 aromatic heterocycles. The van der Waals surface area contributed by atoms with Gasteiger partial charge in [-0.1, -0.05) is 18.2 Å². The average molecular weight is 642 g/mol. The molecular formula is C34H35N5O6S. The van der Waals surface area contributed by atoms with Crippen LogP contribution >= 0.6 is 11.3 Å². The first-order chi connectivity index (χ1) is 22.3. The molecule has 1 atom stereocenters. The molecule has 46 heavy (non-hydrogen) atoms. The standard InChI is InChI=1S/C34H35N5O6S/c1-45-26-10-7-23(8-11-26)19-31(40)36-27-20-24(33(43)37-28(21-32(41)42)30-6-3-18-46-30)9-12-29(27)38-14-4-15-39(17-16-38)34(44)25-5-2-13-35-22-25/h2-3,5-13,18,20,22,28H,4,14-17,19,21H2,1H3,(H,36,40)(H,37,43)(H,41,42). The molecule has 5 rings (SSSR count). The van der Waals surface area contributed by atoms with E-state index in [1.54, 1.807) is 79.0 Å². The predicted molar refractivity (Wildman–Crippen MR) is 176 cm³/mol. The molecule has 1 saturated heterocycles. The number of aromatic nitrogens is 1. The highest BCUT2D eigenvalue weighted by Crippen LogP contribution is 2.30. The van der Waals surface area contributed by atoms with Crippen molar-refractivity contribution < 1.29 is 29.0 Å². The highest BCUT2D eigenvalue weighted by molar-refractivity contribution is 7.10. The summed E-state index contributed by atoms with van der Waals surface area (Å²) < 4.78 is 5.21. The molecule has 3 N–H and O–H groups in total. The number of carbonyl (C=O) groups excluding carboxylic acids is 3. The van der Waals surface area contributed by atoms with Crippen LogP contribution in [0.4, 0.5) is 11.4 Å². The predicted octanol–water partition coefficient (Wildman–Crippen LogP) is 4.63. The van der Waals surface area contributed by atoms with E-state index in [0.717, 1.165) is 16.1 Å². The molecule has 4 aromatic rings. The summed E-state index contributed by atoms with van der Waals surface area (Å²) >= 11 is 1.37. The van der Waals surface area contributed by atoms with Crippen molar-refractivity contribution in [3.63, 3.8) is 0 Å². The number of nitrogens with one attached hydrogen (secondary N) is 2. The molecule has 3 amide bonds. The van der Waals surface area contributed by atoms with Gasteiger partial charge in [0, 0.05) is 49.0 Å². The molecule has 0 saturated carbocycles. The van der Waals surface area contributed by atoms with E-state index in [2.05, 4.69) is 20.5 Å². The lowest BCUT2D eigenvalue weighted by molar-refractivity contribution is -0.137. The Hall–Kier alpha value is -5.23. The monoisotopic (exact) mass is 641 g/mol. The van der Waals surface area contributed by atoms with Crippen LogP contribution in [0.1, 0.15) is 50.0 Å². The minimum atomic E-state index is -1.03. The van der Waals surface area contributed by atoms with Gasteiger partial charge in [-0.2, -0.15) is 0 Å². The van der Waals surface area contributed by atoms with E-state index in [1.165, 1.54) is 11.3 Å². The Balaban J connectivity index is 1.38. The van der Waals surface area contributed by atoms with E-state index in [4.69, 9.17) is 4.74 Å². The van der Waals surface area contributed by atoms with Crippen molar-refractivity contribution in [2.45, 2.75) is 25.3 Å². The first-order valence-corrected chi connectivity index (χ1v) is 15.8. The van der Waals surface area contributed by atoms with Crippen molar-refractivity contribution >= 4 is 46.4 Å². The van der Waals surface area contributed by atoms with Gasteiger partial charge in [0.15, 0.2) is 0 Å². The van der Waals surface area contributed by atoms with Crippen LogP contribution in [0.3, 0.4) is 0 Å². The summed E-state index contributed by atoms with van der Waals surface area (Å²) in [5.74, 6) is -1.16. The number of carbonyl (C=O) groups is 4. The Morgan fingerprint density at radius 2 is 1.80 bits per heavy atom. The number of rotatable bonds is 11. The number of thiophene rings is 1. The maximum atomic E-state index is 13.4. The number of nitrogens with zero attached hydrogens (tertiary/aromatic N) is 3. The summed E-state index contributed by atoms with van der Waals surface area (Å²) in [5, 5.41) is 17.1. The number of aliphatic carboxylic acids is 1. The number of amides is 3. The number of carboxylic acids is 1. The molecule has 0 aliphatic carbocycles. The number of hydrogen-bond donors (Lipinski definition) is 3. The maximum absolute atomic E-state index is 13.4. The van der Waals surface area contributed by atoms with Gasteiger partial charge >= 0.3 is 5.97 Å². The van der Waals surface area contributed by atoms with E-state index < -0.39 is 17.9 Å². The molecular weight excluding hydrogens is 606 g/mol. The van der Waals surface area contributed by atoms with Gasteiger partial charge in [0.05, 0.1) is 42.9 Å². The third-order valence-electron chi connectivity index (χ3n) is 7.66. The second-order valence-corrected chi connectivity index (χ2v) is 11.8. The Labute approximate surface area is 270 Å². The number of hydrogen-bond acceptors (Lipinski definition) is 8. The molecule has 12 heteroatoms. The number of carboxylic acid groups (broad SMARTS) is 1. The summed E-state index contributed by atoms with van der Waals surface area (Å²) in [6.45, 7) is 2.17. The zero-order valence-electron chi connectivity index (χ0n) is 25.3. The highest BCUT2D eigenvalue weighted by Gasteiger charge is 2.24. The van der Waals surface area contributed by atoms with Gasteiger partial charge in [-0.25, -0.2) is 0 Å². The zero-order valence-corrected chi connectivity index (χ0v) is 26.2. The molecule has 11 nitrogen and oxygen atoms in total. The van der Waals surface area contributed by atoms with Crippen molar-refractivity contribution in [3.05, 3.63) is 106 Å². The Morgan fingerprint density at radius 1 is 0.978 bits per heavy atom. The average Bonchev–Trinajstić information content (AvgIpc) is 3.50. The van der Waals surface area contributed by atoms with Crippen molar-refractivity contribution in [3.8, 4) is 5.75 Å². The lowest BCUT2D eigenvalue weighted by Crippen LogP contribution is -2.35. The number of anilines is 2. The van der Waals surface area contributed by atoms with Crippen molar-refractivity contribution in [2.75, 3.05) is 43.5 Å². The maximum Gasteiger partial charge on any atom is 0.305 e. The lowest BCUT2D eigenvalue weighted by Gasteiger charge is -2.27. The summed E-state index contributed by atoms with van der Waals surface area (Å²) in [6.07, 6.45) is 3.73. The summed E-state index contributed by atoms with van der Waals surface area (Å²) in [6, 6.07) is 18.7. The van der Waals surface area contributed by atoms with Gasteiger partial charge in [0.1, 0.15) is 5.75 Å². The fourth-order valence-electron chi connectivity index (χ4n) is 5.34. The SMILES string of the molecule is COc1ccc(CC(=O)Nc2cc(C(=O)NC(CC(=O)O)c3cccs3)ccc2N2CCCN(C(=O)c3cccnc3)CC2)cc1. The number of pyridine rings is 1. The normalized spacial score (nSPS) is 13.8. The molecule has 238 valence electrons. The third-order valence-corrected chi connectivity index (χ3v) is 8.65. The van der Waals surface area contributed by atoms with Crippen LogP contribution in [0.5, 0.6) is 5.75 Å². The fourth-order valence-corrected chi connectivity index (χ4v) is 6.12. The molecule has 3 heterocycles. The molecule has 1 aliphatic heterocycles. The second-order valence-electron chi connectivity index (χ2n) is 10.8. The van der Waals surface area contributed by atoms with Crippen molar-refractivity contribution in [1.82, 2.24) is 15.2 Å². The third kappa shape index (κ3) is 8.27. The largest absolute Gasteiger partial charge is 0.497 e. The molecule has 1 fully saturated rings. The van der Waals surface area contributed by atoms with E-state index >= 15 is 0 Å². The Morgan fingerprint density at radius 3 is 2.50 bits per heavy atom. The fraction of sp³-hybridized carbons (Fsp3) is 0.265. The van der Waals surface area contributed by atoms with Crippen LogP contribution in [-0.2, 0) is 16.0 Å². The zero-order chi connectivity index (χ0) is 32.5. The van der Waals surface area contributed by atoms with Crippen LogP contribution in [0.25, 0.3) is 0 Å². The van der Waals surface area contributed by atoms with Crippen LogP contribution in [-0.4, -0.2) is 72.0 Å². The number of benzene rings is 2. The first-order valence-electron chi connectivity index (χ1n) is 14.9. The minimum absolute atomic E-state index is 0.0864. The topological polar surface area (TPSA) is 141 Å². The van der Waals surface area contributed by atoms with E-state index in [-0.39, 0.29) is 30.2 Å². The molecule has 0 radical (unpaired) electrons. The van der Waals surface area contributed by atoms with Crippen molar-refractivity contribution in [1.29, 1.82) is 0 Å². The number of methoxy groups -OCH3 is 1. The molecule has 2 aromatic carbocycles. The smallest absolute Gasteiger partial charge is 0.305 e. The van der Waals surface area contributed by atoms with Crippen LogP contribution in [0.15, 0.2) is 84.5 Å². The van der Waals surface area contributed by atoms with E-state index in [0.29, 0.717) is 49.6 Å². The Kier molecular flexibility index (Phi) is 10.6. The number of ether oxygens (including phenoxy) is 1. The second kappa shape index (κ2) is 15.2. The molecule has 1 unspecified atom stereocenters. The highest BCUT2D eigenvalue weighted by atomic mass is 32.1. The quantitative estimate of drug-likeness (QED) is 0.215. The molecule has 1 aliphatic rings. The Bertz CT molecular complexity index is 1660. The van der Waals surface area contributed by atoms with Crippen molar-refractivity contribution in [2.24, 2.45) is 0 Å². The van der Waals surface area contributed by atoms with Gasteiger partial charge in [-0.15, -0.1) is 11.3 Å². The van der Waals surface area contributed by atoms with Gasteiger partial charge in [0.2, 0.25) is 5.91 Å². The van der Waals surface area contributed by atoms with Gasteiger partial charge in [0.25, 0.3) is 11.8 Å². The van der Waals surface area contributed by atoms with Gasteiger partial charge < -0.3 is 30.3 Å².